The molecular weight excluding hydrogens is 250 g/mol. The fraction of sp³-hybridized carbons (Fsp3) is 1.00. The van der Waals surface area contributed by atoms with Crippen LogP contribution >= 0.6 is 0 Å². The lowest BCUT2D eigenvalue weighted by Gasteiger charge is -2.26. The lowest BCUT2D eigenvalue weighted by atomic mass is 9.87. The molecule has 0 aromatic heterocycles. The van der Waals surface area contributed by atoms with Crippen LogP contribution in [0.25, 0.3) is 0 Å². The first-order valence-corrected chi connectivity index (χ1v) is 8.69. The number of hydrogen-bond donors (Lipinski definition) is 1. The summed E-state index contributed by atoms with van der Waals surface area (Å²) in [5.74, 6) is 1.78. The summed E-state index contributed by atoms with van der Waals surface area (Å²) in [4.78, 5) is 0. The van der Waals surface area contributed by atoms with Gasteiger partial charge in [-0.25, -0.2) is 8.42 Å². The summed E-state index contributed by atoms with van der Waals surface area (Å²) < 4.78 is 28.5. The van der Waals surface area contributed by atoms with Gasteiger partial charge < -0.3 is 10.1 Å². The number of hydrogen-bond acceptors (Lipinski definition) is 4. The van der Waals surface area contributed by atoms with Crippen LogP contribution in [-0.4, -0.2) is 45.7 Å². The number of rotatable bonds is 4. The summed E-state index contributed by atoms with van der Waals surface area (Å²) in [5.41, 5.74) is 0.0763. The second-order valence-electron chi connectivity index (χ2n) is 6.30. The van der Waals surface area contributed by atoms with Gasteiger partial charge in [-0.15, -0.1) is 0 Å². The normalized spacial score (nSPS) is 39.9. The lowest BCUT2D eigenvalue weighted by molar-refractivity contribution is 0.127. The van der Waals surface area contributed by atoms with Gasteiger partial charge in [0.05, 0.1) is 18.1 Å². The molecule has 2 fully saturated rings. The molecule has 2 rings (SSSR count). The van der Waals surface area contributed by atoms with Crippen molar-refractivity contribution in [3.63, 3.8) is 0 Å². The quantitative estimate of drug-likeness (QED) is 0.838. The van der Waals surface area contributed by atoms with Crippen LogP contribution in [0.5, 0.6) is 0 Å². The Morgan fingerprint density at radius 2 is 2.17 bits per heavy atom. The minimum Gasteiger partial charge on any atom is -0.383 e. The van der Waals surface area contributed by atoms with Gasteiger partial charge in [0.15, 0.2) is 9.84 Å². The highest BCUT2D eigenvalue weighted by Crippen LogP contribution is 2.32. The van der Waals surface area contributed by atoms with Gasteiger partial charge in [0.2, 0.25) is 0 Å². The maximum atomic E-state index is 11.6. The van der Waals surface area contributed by atoms with Crippen molar-refractivity contribution in [2.75, 3.05) is 31.8 Å². The number of ether oxygens (including phenoxy) is 1. The Labute approximate surface area is 110 Å². The Morgan fingerprint density at radius 3 is 2.83 bits per heavy atom. The topological polar surface area (TPSA) is 55.4 Å². The first kappa shape index (κ1) is 14.3. The van der Waals surface area contributed by atoms with E-state index < -0.39 is 9.84 Å². The molecule has 5 heteroatoms. The molecule has 0 radical (unpaired) electrons. The zero-order chi connectivity index (χ0) is 13.2. The Morgan fingerprint density at radius 1 is 1.39 bits per heavy atom. The SMILES string of the molecule is COCC1(C)CC(CC2CCCS(=O)(=O)C2)CN1. The molecule has 0 aromatic carbocycles. The number of methoxy groups -OCH3 is 1. The molecule has 2 aliphatic heterocycles. The second-order valence-corrected chi connectivity index (χ2v) is 8.53. The molecule has 0 aromatic rings. The predicted octanol–water partition coefficient (Wildman–Crippen LogP) is 1.22. The third-order valence-electron chi connectivity index (χ3n) is 4.24. The van der Waals surface area contributed by atoms with Crippen molar-refractivity contribution < 1.29 is 13.2 Å². The van der Waals surface area contributed by atoms with Gasteiger partial charge in [-0.2, -0.15) is 0 Å². The first-order valence-electron chi connectivity index (χ1n) is 6.87. The molecule has 1 N–H and O–H groups in total. The molecule has 0 spiro atoms. The Kier molecular flexibility index (Phi) is 4.34. The largest absolute Gasteiger partial charge is 0.383 e. The summed E-state index contributed by atoms with van der Waals surface area (Å²) >= 11 is 0. The third-order valence-corrected chi connectivity index (χ3v) is 6.13. The van der Waals surface area contributed by atoms with Gasteiger partial charge in [-0.05, 0) is 51.0 Å². The van der Waals surface area contributed by atoms with E-state index in [4.69, 9.17) is 4.74 Å². The maximum absolute atomic E-state index is 11.6. The Hall–Kier alpha value is -0.130. The molecule has 0 aliphatic carbocycles. The van der Waals surface area contributed by atoms with Gasteiger partial charge in [-0.3, -0.25) is 0 Å². The van der Waals surface area contributed by atoms with Crippen LogP contribution in [0.4, 0.5) is 0 Å². The highest BCUT2D eigenvalue weighted by Gasteiger charge is 2.36. The van der Waals surface area contributed by atoms with Crippen molar-refractivity contribution in [2.45, 2.75) is 38.1 Å². The van der Waals surface area contributed by atoms with E-state index in [1.54, 1.807) is 7.11 Å². The van der Waals surface area contributed by atoms with Crippen LogP contribution < -0.4 is 5.32 Å². The molecule has 0 amide bonds. The average Bonchev–Trinajstić information content (AvgIpc) is 2.59. The van der Waals surface area contributed by atoms with Gasteiger partial charge in [-0.1, -0.05) is 0 Å². The van der Waals surface area contributed by atoms with Crippen molar-refractivity contribution in [1.29, 1.82) is 0 Å². The molecule has 106 valence electrons. The van der Waals surface area contributed by atoms with Crippen LogP contribution in [0.15, 0.2) is 0 Å². The third kappa shape index (κ3) is 3.68. The molecule has 2 saturated heterocycles. The average molecular weight is 275 g/mol. The number of nitrogens with one attached hydrogen (secondary N) is 1. The monoisotopic (exact) mass is 275 g/mol. The van der Waals surface area contributed by atoms with Crippen molar-refractivity contribution in [2.24, 2.45) is 11.8 Å². The standard InChI is InChI=1S/C13H25NO3S/c1-13(10-17-2)7-12(8-14-13)6-11-4-3-5-18(15,16)9-11/h11-12,14H,3-10H2,1-2H3. The van der Waals surface area contributed by atoms with Crippen LogP contribution in [-0.2, 0) is 14.6 Å². The highest BCUT2D eigenvalue weighted by molar-refractivity contribution is 7.91. The van der Waals surface area contributed by atoms with Gasteiger partial charge >= 0.3 is 0 Å². The smallest absolute Gasteiger partial charge is 0.150 e. The zero-order valence-corrected chi connectivity index (χ0v) is 12.3. The van der Waals surface area contributed by atoms with E-state index in [2.05, 4.69) is 12.2 Å². The molecule has 0 saturated carbocycles. The molecule has 4 nitrogen and oxygen atoms in total. The minimum absolute atomic E-state index is 0.0763. The fourth-order valence-corrected chi connectivity index (χ4v) is 5.34. The van der Waals surface area contributed by atoms with Crippen LogP contribution in [0.2, 0.25) is 0 Å². The van der Waals surface area contributed by atoms with Crippen molar-refractivity contribution >= 4 is 9.84 Å². The van der Waals surface area contributed by atoms with E-state index in [0.717, 1.165) is 38.8 Å². The molecule has 3 unspecified atom stereocenters. The summed E-state index contributed by atoms with van der Waals surface area (Å²) in [5, 5.41) is 3.52. The molecule has 3 atom stereocenters. The van der Waals surface area contributed by atoms with E-state index in [0.29, 0.717) is 23.3 Å². The minimum atomic E-state index is -2.76. The molecular formula is C13H25NO3S. The summed E-state index contributed by atoms with van der Waals surface area (Å²) in [6, 6.07) is 0. The van der Waals surface area contributed by atoms with Gasteiger partial charge in [0.1, 0.15) is 0 Å². The van der Waals surface area contributed by atoms with Crippen LogP contribution in [0.1, 0.15) is 32.6 Å². The van der Waals surface area contributed by atoms with Crippen LogP contribution in [0, 0.1) is 11.8 Å². The van der Waals surface area contributed by atoms with Crippen LogP contribution in [0.3, 0.4) is 0 Å². The van der Waals surface area contributed by atoms with Crippen molar-refractivity contribution in [3.05, 3.63) is 0 Å². The van der Waals surface area contributed by atoms with Crippen molar-refractivity contribution in [3.8, 4) is 0 Å². The predicted molar refractivity (Wildman–Crippen MR) is 72.4 cm³/mol. The molecule has 18 heavy (non-hydrogen) atoms. The molecule has 2 aliphatic rings. The zero-order valence-electron chi connectivity index (χ0n) is 11.4. The van der Waals surface area contributed by atoms with E-state index >= 15 is 0 Å². The summed E-state index contributed by atoms with van der Waals surface area (Å²) in [7, 11) is -1.03. The molecule has 2 heterocycles. The summed E-state index contributed by atoms with van der Waals surface area (Å²) in [6.07, 6.45) is 4.07. The van der Waals surface area contributed by atoms with Gasteiger partial charge in [0, 0.05) is 12.6 Å². The van der Waals surface area contributed by atoms with E-state index in [9.17, 15) is 8.42 Å². The maximum Gasteiger partial charge on any atom is 0.150 e. The highest BCUT2D eigenvalue weighted by atomic mass is 32.2. The van der Waals surface area contributed by atoms with Crippen molar-refractivity contribution in [1.82, 2.24) is 5.32 Å². The number of sulfone groups is 1. The van der Waals surface area contributed by atoms with Gasteiger partial charge in [0.25, 0.3) is 0 Å². The van der Waals surface area contributed by atoms with E-state index in [1.165, 1.54) is 0 Å². The second kappa shape index (κ2) is 5.47. The lowest BCUT2D eigenvalue weighted by Crippen LogP contribution is -2.40. The Bertz CT molecular complexity index is 382. The van der Waals surface area contributed by atoms with E-state index in [1.807, 2.05) is 0 Å². The van der Waals surface area contributed by atoms with E-state index in [-0.39, 0.29) is 5.54 Å². The molecule has 0 bridgehead atoms. The Balaban J connectivity index is 1.84. The fourth-order valence-electron chi connectivity index (χ4n) is 3.54. The first-order chi connectivity index (χ1) is 8.42. The summed E-state index contributed by atoms with van der Waals surface area (Å²) in [6.45, 7) is 3.91.